The van der Waals surface area contributed by atoms with Gasteiger partial charge in [-0.2, -0.15) is 0 Å². The number of amides is 1. The highest BCUT2D eigenvalue weighted by Gasteiger charge is 2.09. The minimum absolute atomic E-state index is 0.215. The molecule has 0 aliphatic rings. The number of rotatable bonds is 5. The van der Waals surface area contributed by atoms with Crippen molar-refractivity contribution in [2.75, 3.05) is 5.32 Å². The summed E-state index contributed by atoms with van der Waals surface area (Å²) in [7, 11) is 0. The fraction of sp³-hybridized carbons (Fsp3) is 0.100. The summed E-state index contributed by atoms with van der Waals surface area (Å²) < 4.78 is 1.81. The Hall–Kier alpha value is -2.85. The largest absolute Gasteiger partial charge is 0.306 e. The van der Waals surface area contributed by atoms with E-state index < -0.39 is 0 Å². The van der Waals surface area contributed by atoms with Crippen LogP contribution < -0.4 is 5.32 Å². The second kappa shape index (κ2) is 7.81. The van der Waals surface area contributed by atoms with Crippen LogP contribution in [0.3, 0.4) is 0 Å². The van der Waals surface area contributed by atoms with Crippen molar-refractivity contribution in [3.63, 3.8) is 0 Å². The maximum absolute atomic E-state index is 12.1. The highest BCUT2D eigenvalue weighted by atomic mass is 35.5. The zero-order valence-electron chi connectivity index (χ0n) is 13.8. The SMILES string of the molecule is CCc1cc(NC(=O)C=Cc2ccccc2)nn1-c1ccc(Cl)cc1. The molecule has 3 aromatic rings. The maximum atomic E-state index is 12.1. The Morgan fingerprint density at radius 2 is 1.88 bits per heavy atom. The van der Waals surface area contributed by atoms with Crippen LogP contribution >= 0.6 is 11.6 Å². The van der Waals surface area contributed by atoms with Crippen LogP contribution in [0, 0.1) is 0 Å². The minimum atomic E-state index is -0.215. The third-order valence-corrected chi connectivity index (χ3v) is 3.95. The number of aryl methyl sites for hydroxylation is 1. The first kappa shape index (κ1) is 17.0. The summed E-state index contributed by atoms with van der Waals surface area (Å²) in [5, 5.41) is 7.96. The van der Waals surface area contributed by atoms with Crippen LogP contribution in [0.2, 0.25) is 5.02 Å². The van der Waals surface area contributed by atoms with Crippen molar-refractivity contribution >= 4 is 29.4 Å². The van der Waals surface area contributed by atoms with Crippen molar-refractivity contribution in [1.82, 2.24) is 9.78 Å². The minimum Gasteiger partial charge on any atom is -0.306 e. The van der Waals surface area contributed by atoms with E-state index in [4.69, 9.17) is 11.6 Å². The van der Waals surface area contributed by atoms with Gasteiger partial charge >= 0.3 is 0 Å². The monoisotopic (exact) mass is 351 g/mol. The van der Waals surface area contributed by atoms with Gasteiger partial charge in [0, 0.05) is 22.9 Å². The smallest absolute Gasteiger partial charge is 0.249 e. The maximum Gasteiger partial charge on any atom is 0.249 e. The van der Waals surface area contributed by atoms with E-state index in [0.717, 1.165) is 23.4 Å². The lowest BCUT2D eigenvalue weighted by molar-refractivity contribution is -0.111. The van der Waals surface area contributed by atoms with E-state index in [1.54, 1.807) is 6.08 Å². The summed E-state index contributed by atoms with van der Waals surface area (Å²) in [6.45, 7) is 2.05. The number of carbonyl (C=O) groups excluding carboxylic acids is 1. The standard InChI is InChI=1S/C20H18ClN3O/c1-2-17-14-19(23-24(17)18-11-9-16(21)10-12-18)22-20(25)13-8-15-6-4-3-5-7-15/h3-14H,2H2,1H3,(H,22,23,25). The molecule has 0 saturated carbocycles. The second-order valence-corrected chi connectivity index (χ2v) is 5.93. The van der Waals surface area contributed by atoms with Gasteiger partial charge in [0.2, 0.25) is 5.91 Å². The van der Waals surface area contributed by atoms with E-state index in [2.05, 4.69) is 10.4 Å². The molecule has 0 fully saturated rings. The lowest BCUT2D eigenvalue weighted by Crippen LogP contribution is -2.09. The Kier molecular flexibility index (Phi) is 5.31. The summed E-state index contributed by atoms with van der Waals surface area (Å²) in [5.41, 5.74) is 2.88. The van der Waals surface area contributed by atoms with Crippen LogP contribution in [0.5, 0.6) is 0 Å². The molecule has 0 spiro atoms. The van der Waals surface area contributed by atoms with Gasteiger partial charge in [0.25, 0.3) is 0 Å². The molecule has 2 aromatic carbocycles. The highest BCUT2D eigenvalue weighted by molar-refractivity contribution is 6.30. The first-order valence-corrected chi connectivity index (χ1v) is 8.42. The number of aromatic nitrogens is 2. The molecule has 0 saturated heterocycles. The second-order valence-electron chi connectivity index (χ2n) is 5.50. The predicted octanol–water partition coefficient (Wildman–Crippen LogP) is 4.74. The van der Waals surface area contributed by atoms with Gasteiger partial charge in [-0.3, -0.25) is 4.79 Å². The molecule has 25 heavy (non-hydrogen) atoms. The van der Waals surface area contributed by atoms with Gasteiger partial charge in [0.15, 0.2) is 5.82 Å². The quantitative estimate of drug-likeness (QED) is 0.675. The predicted molar refractivity (Wildman–Crippen MR) is 102 cm³/mol. The van der Waals surface area contributed by atoms with E-state index in [1.807, 2.05) is 72.3 Å². The summed E-state index contributed by atoms with van der Waals surface area (Å²) in [4.78, 5) is 12.1. The van der Waals surface area contributed by atoms with Crippen molar-refractivity contribution in [3.05, 3.63) is 83.0 Å². The number of hydrogen-bond donors (Lipinski definition) is 1. The Bertz CT molecular complexity index is 883. The number of halogens is 1. The van der Waals surface area contributed by atoms with Crippen molar-refractivity contribution in [3.8, 4) is 5.69 Å². The Balaban J connectivity index is 1.76. The molecule has 5 heteroatoms. The number of carbonyl (C=O) groups is 1. The van der Waals surface area contributed by atoms with Crippen LogP contribution in [0.1, 0.15) is 18.2 Å². The number of benzene rings is 2. The van der Waals surface area contributed by atoms with Gasteiger partial charge in [-0.05, 0) is 42.3 Å². The molecule has 1 N–H and O–H groups in total. The van der Waals surface area contributed by atoms with Gasteiger partial charge in [0.1, 0.15) is 0 Å². The molecule has 0 aliphatic heterocycles. The Morgan fingerprint density at radius 3 is 2.56 bits per heavy atom. The van der Waals surface area contributed by atoms with E-state index in [0.29, 0.717) is 10.8 Å². The fourth-order valence-corrected chi connectivity index (χ4v) is 2.57. The number of nitrogens with one attached hydrogen (secondary N) is 1. The summed E-state index contributed by atoms with van der Waals surface area (Å²) >= 11 is 5.94. The van der Waals surface area contributed by atoms with E-state index in [1.165, 1.54) is 6.08 Å². The molecule has 1 amide bonds. The average molecular weight is 352 g/mol. The summed E-state index contributed by atoms with van der Waals surface area (Å²) in [6.07, 6.45) is 4.07. The molecular weight excluding hydrogens is 334 g/mol. The molecule has 3 rings (SSSR count). The summed E-state index contributed by atoms with van der Waals surface area (Å²) in [6, 6.07) is 19.0. The molecular formula is C20H18ClN3O. The van der Waals surface area contributed by atoms with Crippen molar-refractivity contribution < 1.29 is 4.79 Å². The first-order valence-electron chi connectivity index (χ1n) is 8.04. The molecule has 126 valence electrons. The third-order valence-electron chi connectivity index (χ3n) is 3.69. The number of anilines is 1. The normalized spacial score (nSPS) is 11.0. The fourth-order valence-electron chi connectivity index (χ4n) is 2.44. The molecule has 0 bridgehead atoms. The van der Waals surface area contributed by atoms with E-state index in [9.17, 15) is 4.79 Å². The van der Waals surface area contributed by atoms with E-state index >= 15 is 0 Å². The highest BCUT2D eigenvalue weighted by Crippen LogP contribution is 2.18. The van der Waals surface area contributed by atoms with Gasteiger partial charge in [-0.15, -0.1) is 5.10 Å². The van der Waals surface area contributed by atoms with E-state index in [-0.39, 0.29) is 5.91 Å². The van der Waals surface area contributed by atoms with Gasteiger partial charge in [-0.1, -0.05) is 48.9 Å². The topological polar surface area (TPSA) is 46.9 Å². The molecule has 1 aromatic heterocycles. The zero-order chi connectivity index (χ0) is 17.6. The average Bonchev–Trinajstić information content (AvgIpc) is 3.04. The van der Waals surface area contributed by atoms with Crippen molar-refractivity contribution in [1.29, 1.82) is 0 Å². The third kappa shape index (κ3) is 4.37. The Morgan fingerprint density at radius 1 is 1.16 bits per heavy atom. The van der Waals surface area contributed by atoms with Crippen LogP contribution in [0.15, 0.2) is 66.7 Å². The number of nitrogens with zero attached hydrogens (tertiary/aromatic N) is 2. The first-order chi connectivity index (χ1) is 12.2. The van der Waals surface area contributed by atoms with Gasteiger partial charge < -0.3 is 5.32 Å². The van der Waals surface area contributed by atoms with Crippen LogP contribution in [0.25, 0.3) is 11.8 Å². The van der Waals surface area contributed by atoms with Crippen LogP contribution in [-0.2, 0) is 11.2 Å². The van der Waals surface area contributed by atoms with Gasteiger partial charge in [0.05, 0.1) is 5.69 Å². The molecule has 0 unspecified atom stereocenters. The Labute approximate surface area is 151 Å². The zero-order valence-corrected chi connectivity index (χ0v) is 14.6. The molecule has 1 heterocycles. The molecule has 0 aliphatic carbocycles. The van der Waals surface area contributed by atoms with Crippen LogP contribution in [-0.4, -0.2) is 15.7 Å². The number of hydrogen-bond acceptors (Lipinski definition) is 2. The lowest BCUT2D eigenvalue weighted by Gasteiger charge is -2.05. The molecule has 4 nitrogen and oxygen atoms in total. The van der Waals surface area contributed by atoms with Crippen molar-refractivity contribution in [2.45, 2.75) is 13.3 Å². The molecule has 0 atom stereocenters. The van der Waals surface area contributed by atoms with Gasteiger partial charge in [-0.25, -0.2) is 4.68 Å². The summed E-state index contributed by atoms with van der Waals surface area (Å²) in [5.74, 6) is 0.307. The van der Waals surface area contributed by atoms with Crippen molar-refractivity contribution in [2.24, 2.45) is 0 Å². The molecule has 0 radical (unpaired) electrons. The van der Waals surface area contributed by atoms with Crippen LogP contribution in [0.4, 0.5) is 5.82 Å². The lowest BCUT2D eigenvalue weighted by atomic mass is 10.2.